The Bertz CT molecular complexity index is 294. The molecule has 0 saturated carbocycles. The molecule has 0 radical (unpaired) electrons. The first-order chi connectivity index (χ1) is 6.54. The van der Waals surface area contributed by atoms with Gasteiger partial charge >= 0.3 is 0 Å². The third-order valence-electron chi connectivity index (χ3n) is 2.41. The molecule has 0 spiro atoms. The number of aryl methyl sites for hydroxylation is 1. The van der Waals surface area contributed by atoms with Crippen molar-refractivity contribution < 1.29 is 0 Å². The summed E-state index contributed by atoms with van der Waals surface area (Å²) >= 11 is 5.86. The summed E-state index contributed by atoms with van der Waals surface area (Å²) in [4.78, 5) is 10.5. The molecule has 0 aliphatic heterocycles. The van der Waals surface area contributed by atoms with Gasteiger partial charge in [-0.3, -0.25) is 0 Å². The van der Waals surface area contributed by atoms with Crippen molar-refractivity contribution in [1.29, 1.82) is 0 Å². The molecular formula is C10H16ClN3. The average Bonchev–Trinajstić information content (AvgIpc) is 2.14. The minimum atomic E-state index is 0.459. The monoisotopic (exact) mass is 213 g/mol. The van der Waals surface area contributed by atoms with Crippen LogP contribution in [0.4, 0.5) is 5.82 Å². The second-order valence-corrected chi connectivity index (χ2v) is 3.85. The van der Waals surface area contributed by atoms with Gasteiger partial charge in [0.1, 0.15) is 16.8 Å². The first-order valence-electron chi connectivity index (χ1n) is 4.78. The number of hydrogen-bond acceptors (Lipinski definition) is 3. The highest BCUT2D eigenvalue weighted by atomic mass is 35.5. The molecule has 1 aromatic heterocycles. The lowest BCUT2D eigenvalue weighted by Crippen LogP contribution is -2.29. The topological polar surface area (TPSA) is 29.0 Å². The maximum atomic E-state index is 5.86. The van der Waals surface area contributed by atoms with Crippen LogP contribution >= 0.6 is 11.6 Å². The Hall–Kier alpha value is -0.830. The van der Waals surface area contributed by atoms with E-state index in [1.165, 1.54) is 0 Å². The van der Waals surface area contributed by atoms with Gasteiger partial charge in [0.05, 0.1) is 0 Å². The zero-order chi connectivity index (χ0) is 10.7. The maximum Gasteiger partial charge on any atom is 0.134 e. The quantitative estimate of drug-likeness (QED) is 0.723. The van der Waals surface area contributed by atoms with Gasteiger partial charge < -0.3 is 4.90 Å². The zero-order valence-corrected chi connectivity index (χ0v) is 9.84. The van der Waals surface area contributed by atoms with Gasteiger partial charge in [0.2, 0.25) is 0 Å². The molecular weight excluding hydrogens is 198 g/mol. The Morgan fingerprint density at radius 2 is 2.14 bits per heavy atom. The summed E-state index contributed by atoms with van der Waals surface area (Å²) in [5.41, 5.74) is 0. The number of nitrogens with zero attached hydrogens (tertiary/aromatic N) is 3. The predicted octanol–water partition coefficient (Wildman–Crippen LogP) is 2.67. The van der Waals surface area contributed by atoms with Crippen molar-refractivity contribution in [1.82, 2.24) is 9.97 Å². The third-order valence-corrected chi connectivity index (χ3v) is 2.60. The van der Waals surface area contributed by atoms with Gasteiger partial charge in [-0.05, 0) is 20.3 Å². The number of anilines is 1. The van der Waals surface area contributed by atoms with Gasteiger partial charge in [-0.2, -0.15) is 0 Å². The van der Waals surface area contributed by atoms with Gasteiger partial charge in [0.25, 0.3) is 0 Å². The first kappa shape index (κ1) is 11.2. The molecule has 14 heavy (non-hydrogen) atoms. The zero-order valence-electron chi connectivity index (χ0n) is 9.08. The van der Waals surface area contributed by atoms with Crippen LogP contribution in [0.5, 0.6) is 0 Å². The Morgan fingerprint density at radius 1 is 1.50 bits per heavy atom. The van der Waals surface area contributed by atoms with Crippen LogP contribution < -0.4 is 4.90 Å². The van der Waals surface area contributed by atoms with Crippen LogP contribution in [-0.4, -0.2) is 23.1 Å². The van der Waals surface area contributed by atoms with Gasteiger partial charge in [-0.15, -0.1) is 0 Å². The van der Waals surface area contributed by atoms with E-state index in [2.05, 4.69) is 28.7 Å². The van der Waals surface area contributed by atoms with Crippen molar-refractivity contribution in [2.45, 2.75) is 33.2 Å². The number of hydrogen-bond donors (Lipinski definition) is 0. The molecule has 3 nitrogen and oxygen atoms in total. The minimum absolute atomic E-state index is 0.459. The van der Waals surface area contributed by atoms with E-state index in [1.807, 2.05) is 14.0 Å². The molecule has 0 fully saturated rings. The maximum absolute atomic E-state index is 5.86. The lowest BCUT2D eigenvalue weighted by atomic mass is 10.2. The molecule has 1 rings (SSSR count). The van der Waals surface area contributed by atoms with Crippen LogP contribution in [0.25, 0.3) is 0 Å². The fraction of sp³-hybridized carbons (Fsp3) is 0.600. The van der Waals surface area contributed by atoms with Crippen LogP contribution in [0.3, 0.4) is 0 Å². The molecule has 0 amide bonds. The predicted molar refractivity (Wildman–Crippen MR) is 59.9 cm³/mol. The Kier molecular flexibility index (Phi) is 3.69. The summed E-state index contributed by atoms with van der Waals surface area (Å²) in [6, 6.07) is 2.25. The highest BCUT2D eigenvalue weighted by Gasteiger charge is 2.10. The van der Waals surface area contributed by atoms with Crippen LogP contribution in [0.2, 0.25) is 5.15 Å². The Balaban J connectivity index is 2.94. The summed E-state index contributed by atoms with van der Waals surface area (Å²) in [7, 11) is 2.02. The molecule has 1 aromatic rings. The summed E-state index contributed by atoms with van der Waals surface area (Å²) in [6.07, 6.45) is 1.08. The van der Waals surface area contributed by atoms with E-state index in [-0.39, 0.29) is 0 Å². The summed E-state index contributed by atoms with van der Waals surface area (Å²) in [5.74, 6) is 1.60. The number of aromatic nitrogens is 2. The highest BCUT2D eigenvalue weighted by molar-refractivity contribution is 6.29. The van der Waals surface area contributed by atoms with Crippen molar-refractivity contribution in [3.8, 4) is 0 Å². The van der Waals surface area contributed by atoms with Crippen LogP contribution in [-0.2, 0) is 0 Å². The van der Waals surface area contributed by atoms with Gasteiger partial charge in [0, 0.05) is 19.2 Å². The van der Waals surface area contributed by atoms with E-state index in [1.54, 1.807) is 6.07 Å². The van der Waals surface area contributed by atoms with Crippen molar-refractivity contribution in [2.24, 2.45) is 0 Å². The summed E-state index contributed by atoms with van der Waals surface area (Å²) in [6.45, 7) is 6.15. The second-order valence-electron chi connectivity index (χ2n) is 3.46. The SMILES string of the molecule is CCC(C)N(C)c1cc(Cl)nc(C)n1. The normalized spacial score (nSPS) is 12.6. The largest absolute Gasteiger partial charge is 0.357 e. The number of halogens is 1. The average molecular weight is 214 g/mol. The summed E-state index contributed by atoms with van der Waals surface area (Å²) in [5, 5.41) is 0.502. The van der Waals surface area contributed by atoms with Crippen LogP contribution in [0.15, 0.2) is 6.07 Å². The molecule has 1 atom stereocenters. The Morgan fingerprint density at radius 3 is 2.64 bits per heavy atom. The molecule has 0 aliphatic carbocycles. The van der Waals surface area contributed by atoms with E-state index < -0.39 is 0 Å². The van der Waals surface area contributed by atoms with Crippen molar-refractivity contribution in [3.05, 3.63) is 17.0 Å². The molecule has 0 aliphatic rings. The highest BCUT2D eigenvalue weighted by Crippen LogP contribution is 2.17. The van der Waals surface area contributed by atoms with E-state index >= 15 is 0 Å². The molecule has 0 aromatic carbocycles. The lowest BCUT2D eigenvalue weighted by Gasteiger charge is -2.24. The smallest absolute Gasteiger partial charge is 0.134 e. The summed E-state index contributed by atoms with van der Waals surface area (Å²) < 4.78 is 0. The van der Waals surface area contributed by atoms with Crippen LogP contribution in [0, 0.1) is 6.92 Å². The Labute approximate surface area is 90.1 Å². The van der Waals surface area contributed by atoms with Gasteiger partial charge in [-0.25, -0.2) is 9.97 Å². The second kappa shape index (κ2) is 4.60. The van der Waals surface area contributed by atoms with Gasteiger partial charge in [0.15, 0.2) is 0 Å². The molecule has 0 saturated heterocycles. The molecule has 1 unspecified atom stereocenters. The first-order valence-corrected chi connectivity index (χ1v) is 5.16. The van der Waals surface area contributed by atoms with E-state index in [0.29, 0.717) is 17.0 Å². The molecule has 78 valence electrons. The molecule has 0 bridgehead atoms. The van der Waals surface area contributed by atoms with Crippen molar-refractivity contribution in [2.75, 3.05) is 11.9 Å². The minimum Gasteiger partial charge on any atom is -0.357 e. The van der Waals surface area contributed by atoms with Crippen LogP contribution in [0.1, 0.15) is 26.1 Å². The fourth-order valence-electron chi connectivity index (χ4n) is 1.20. The standard InChI is InChI=1S/C10H16ClN3/c1-5-7(2)14(4)10-6-9(11)12-8(3)13-10/h6-7H,5H2,1-4H3. The molecule has 0 N–H and O–H groups in total. The van der Waals surface area contributed by atoms with E-state index in [4.69, 9.17) is 11.6 Å². The van der Waals surface area contributed by atoms with E-state index in [9.17, 15) is 0 Å². The fourth-order valence-corrected chi connectivity index (χ4v) is 1.42. The lowest BCUT2D eigenvalue weighted by molar-refractivity contribution is 0.655. The third kappa shape index (κ3) is 2.58. The molecule has 4 heteroatoms. The number of rotatable bonds is 3. The van der Waals surface area contributed by atoms with Crippen molar-refractivity contribution in [3.63, 3.8) is 0 Å². The molecule has 1 heterocycles. The van der Waals surface area contributed by atoms with Gasteiger partial charge in [-0.1, -0.05) is 18.5 Å². The van der Waals surface area contributed by atoms with Crippen molar-refractivity contribution >= 4 is 17.4 Å². The van der Waals surface area contributed by atoms with E-state index in [0.717, 1.165) is 12.2 Å².